The Labute approximate surface area is 151 Å². The van der Waals surface area contributed by atoms with Gasteiger partial charge in [-0.05, 0) is 24.3 Å². The maximum atomic E-state index is 12.5. The van der Waals surface area contributed by atoms with Crippen LogP contribution in [0.4, 0.5) is 11.4 Å². The fourth-order valence-corrected chi connectivity index (χ4v) is 3.20. The fraction of sp³-hybridized carbons (Fsp3) is 0.125. The van der Waals surface area contributed by atoms with Crippen molar-refractivity contribution in [1.82, 2.24) is 0 Å². The number of benzene rings is 2. The summed E-state index contributed by atoms with van der Waals surface area (Å²) >= 11 is 12.1. The highest BCUT2D eigenvalue weighted by Crippen LogP contribution is 2.46. The number of ketones is 1. The van der Waals surface area contributed by atoms with E-state index in [1.807, 2.05) is 0 Å². The number of non-ortho nitro benzene ring substituents is 1. The summed E-state index contributed by atoms with van der Waals surface area (Å²) in [5.41, 5.74) is -2.01. The Hall–Kier alpha value is -2.48. The second-order valence-corrected chi connectivity index (χ2v) is 6.31. The second kappa shape index (κ2) is 6.11. The smallest absolute Gasteiger partial charge is 0.269 e. The van der Waals surface area contributed by atoms with Crippen LogP contribution in [0.2, 0.25) is 10.0 Å². The van der Waals surface area contributed by atoms with Gasteiger partial charge in [-0.15, -0.1) is 0 Å². The van der Waals surface area contributed by atoms with E-state index in [-0.39, 0.29) is 32.5 Å². The van der Waals surface area contributed by atoms with Crippen molar-refractivity contribution in [2.75, 3.05) is 5.32 Å². The van der Waals surface area contributed by atoms with Crippen molar-refractivity contribution < 1.29 is 19.6 Å². The van der Waals surface area contributed by atoms with Gasteiger partial charge in [0.05, 0.1) is 22.1 Å². The minimum Gasteiger partial charge on any atom is -0.375 e. The molecule has 2 N–H and O–H groups in total. The van der Waals surface area contributed by atoms with Gasteiger partial charge in [0.1, 0.15) is 0 Å². The number of Topliss-reactive ketones (excluding diaryl/α,β-unsaturated/α-hetero) is 1. The summed E-state index contributed by atoms with van der Waals surface area (Å²) in [5, 5.41) is 24.2. The van der Waals surface area contributed by atoms with Crippen LogP contribution >= 0.6 is 23.2 Å². The van der Waals surface area contributed by atoms with Crippen molar-refractivity contribution in [3.05, 3.63) is 67.7 Å². The number of hydrogen-bond donors (Lipinski definition) is 2. The minimum absolute atomic E-state index is 0.0435. The van der Waals surface area contributed by atoms with Crippen LogP contribution in [0.3, 0.4) is 0 Å². The summed E-state index contributed by atoms with van der Waals surface area (Å²) in [4.78, 5) is 34.8. The summed E-state index contributed by atoms with van der Waals surface area (Å²) in [5.74, 6) is -1.38. The number of hydrogen-bond acceptors (Lipinski definition) is 5. The number of aliphatic hydroxyl groups is 1. The second-order valence-electron chi connectivity index (χ2n) is 5.50. The van der Waals surface area contributed by atoms with Crippen LogP contribution in [0.15, 0.2) is 36.4 Å². The number of anilines is 1. The van der Waals surface area contributed by atoms with Gasteiger partial charge in [-0.25, -0.2) is 0 Å². The molecule has 2 aromatic carbocycles. The van der Waals surface area contributed by atoms with Crippen molar-refractivity contribution in [2.24, 2.45) is 0 Å². The molecular formula is C16H10Cl2N2O5. The van der Waals surface area contributed by atoms with E-state index in [1.165, 1.54) is 36.4 Å². The average molecular weight is 381 g/mol. The van der Waals surface area contributed by atoms with E-state index in [4.69, 9.17) is 23.2 Å². The zero-order valence-electron chi connectivity index (χ0n) is 12.5. The molecule has 0 radical (unpaired) electrons. The molecule has 1 heterocycles. The number of nitro benzene ring substituents is 1. The lowest BCUT2D eigenvalue weighted by Gasteiger charge is -2.21. The van der Waals surface area contributed by atoms with Crippen molar-refractivity contribution >= 4 is 46.3 Å². The molecule has 128 valence electrons. The third-order valence-electron chi connectivity index (χ3n) is 3.95. The van der Waals surface area contributed by atoms with Gasteiger partial charge in [-0.1, -0.05) is 23.2 Å². The Morgan fingerprint density at radius 1 is 1.16 bits per heavy atom. The van der Waals surface area contributed by atoms with E-state index in [9.17, 15) is 24.8 Å². The molecule has 0 aliphatic carbocycles. The molecule has 9 heteroatoms. The van der Waals surface area contributed by atoms with Gasteiger partial charge in [-0.2, -0.15) is 0 Å². The van der Waals surface area contributed by atoms with E-state index in [0.717, 1.165) is 0 Å². The van der Waals surface area contributed by atoms with Crippen molar-refractivity contribution in [2.45, 2.75) is 12.0 Å². The Morgan fingerprint density at radius 3 is 2.36 bits per heavy atom. The standard InChI is InChI=1S/C16H10Cl2N2O5/c17-10-5-6-11(18)14-13(10)16(23,15(22)19-14)7-12(21)8-1-3-9(4-2-8)20(24)25/h1-6,23H,7H2,(H,19,22). The predicted octanol–water partition coefficient (Wildman–Crippen LogP) is 3.31. The SMILES string of the molecule is O=C(CC1(O)C(=O)Nc2c(Cl)ccc(Cl)c21)c1ccc([N+](=O)[O-])cc1. The minimum atomic E-state index is -2.17. The number of carbonyl (C=O) groups excluding carboxylic acids is 2. The number of halogens is 2. The molecule has 1 aliphatic heterocycles. The number of rotatable bonds is 4. The Morgan fingerprint density at radius 2 is 1.76 bits per heavy atom. The third kappa shape index (κ3) is 2.86. The van der Waals surface area contributed by atoms with Gasteiger partial charge in [0.2, 0.25) is 0 Å². The quantitative estimate of drug-likeness (QED) is 0.480. The molecule has 3 rings (SSSR count). The van der Waals surface area contributed by atoms with Crippen LogP contribution in [0, 0.1) is 10.1 Å². The Bertz CT molecular complexity index is 913. The first-order valence-electron chi connectivity index (χ1n) is 7.04. The lowest BCUT2D eigenvalue weighted by atomic mass is 9.88. The third-order valence-corrected chi connectivity index (χ3v) is 4.58. The molecule has 1 atom stereocenters. The Balaban J connectivity index is 1.95. The van der Waals surface area contributed by atoms with Gasteiger partial charge < -0.3 is 10.4 Å². The molecule has 0 spiro atoms. The van der Waals surface area contributed by atoms with Crippen LogP contribution in [0.5, 0.6) is 0 Å². The van der Waals surface area contributed by atoms with Crippen LogP contribution in [0.1, 0.15) is 22.3 Å². The molecule has 2 aromatic rings. The molecule has 1 amide bonds. The van der Waals surface area contributed by atoms with Gasteiger partial charge in [-0.3, -0.25) is 19.7 Å². The predicted molar refractivity (Wildman–Crippen MR) is 91.0 cm³/mol. The number of nitrogens with zero attached hydrogens (tertiary/aromatic N) is 1. The molecule has 0 saturated carbocycles. The lowest BCUT2D eigenvalue weighted by Crippen LogP contribution is -2.36. The van der Waals surface area contributed by atoms with Gasteiger partial charge >= 0.3 is 0 Å². The molecule has 1 unspecified atom stereocenters. The molecule has 1 aliphatic rings. The summed E-state index contributed by atoms with van der Waals surface area (Å²) in [6.07, 6.45) is -0.580. The molecule has 0 bridgehead atoms. The van der Waals surface area contributed by atoms with Crippen molar-refractivity contribution in [1.29, 1.82) is 0 Å². The summed E-state index contributed by atoms with van der Waals surface area (Å²) in [7, 11) is 0. The van der Waals surface area contributed by atoms with E-state index >= 15 is 0 Å². The first-order valence-corrected chi connectivity index (χ1v) is 7.79. The van der Waals surface area contributed by atoms with Gasteiger partial charge in [0, 0.05) is 28.3 Å². The molecule has 0 fully saturated rings. The van der Waals surface area contributed by atoms with Crippen molar-refractivity contribution in [3.8, 4) is 0 Å². The van der Waals surface area contributed by atoms with E-state index in [1.54, 1.807) is 0 Å². The number of amides is 1. The molecule has 25 heavy (non-hydrogen) atoms. The lowest BCUT2D eigenvalue weighted by molar-refractivity contribution is -0.384. The zero-order chi connectivity index (χ0) is 18.4. The maximum absolute atomic E-state index is 12.5. The van der Waals surface area contributed by atoms with Gasteiger partial charge in [0.25, 0.3) is 11.6 Å². The largest absolute Gasteiger partial charge is 0.375 e. The normalized spacial score (nSPS) is 18.6. The maximum Gasteiger partial charge on any atom is 0.269 e. The number of fused-ring (bicyclic) bond motifs is 1. The Kier molecular flexibility index (Phi) is 4.24. The number of nitrogens with one attached hydrogen (secondary N) is 1. The van der Waals surface area contributed by atoms with Gasteiger partial charge in [0.15, 0.2) is 11.4 Å². The van der Waals surface area contributed by atoms with Crippen molar-refractivity contribution in [3.63, 3.8) is 0 Å². The highest BCUT2D eigenvalue weighted by Gasteiger charge is 2.49. The van der Waals surface area contributed by atoms with Crippen LogP contribution in [-0.4, -0.2) is 21.7 Å². The number of carbonyl (C=O) groups is 2. The van der Waals surface area contributed by atoms with Crippen LogP contribution in [-0.2, 0) is 10.4 Å². The van der Waals surface area contributed by atoms with E-state index in [2.05, 4.69) is 5.32 Å². The highest BCUT2D eigenvalue weighted by atomic mass is 35.5. The molecular weight excluding hydrogens is 371 g/mol. The molecule has 0 saturated heterocycles. The average Bonchev–Trinajstić information content (AvgIpc) is 2.83. The highest BCUT2D eigenvalue weighted by molar-refractivity contribution is 6.38. The summed E-state index contributed by atoms with van der Waals surface area (Å²) < 4.78 is 0. The molecule has 7 nitrogen and oxygen atoms in total. The first kappa shape index (κ1) is 17.3. The first-order chi connectivity index (χ1) is 11.7. The topological polar surface area (TPSA) is 110 Å². The number of nitro groups is 1. The van der Waals surface area contributed by atoms with Crippen LogP contribution in [0.25, 0.3) is 0 Å². The van der Waals surface area contributed by atoms with E-state index < -0.39 is 28.6 Å². The summed E-state index contributed by atoms with van der Waals surface area (Å²) in [6, 6.07) is 7.75. The fourth-order valence-electron chi connectivity index (χ4n) is 2.68. The molecule has 0 aromatic heterocycles. The summed E-state index contributed by atoms with van der Waals surface area (Å²) in [6.45, 7) is 0. The zero-order valence-corrected chi connectivity index (χ0v) is 14.0. The van der Waals surface area contributed by atoms with E-state index in [0.29, 0.717) is 0 Å². The van der Waals surface area contributed by atoms with Crippen LogP contribution < -0.4 is 5.32 Å². The monoisotopic (exact) mass is 380 g/mol.